The highest BCUT2D eigenvalue weighted by Crippen LogP contribution is 2.36. The van der Waals surface area contributed by atoms with Crippen LogP contribution in [0.15, 0.2) is 0 Å². The smallest absolute Gasteiger partial charge is 0.265 e. The lowest BCUT2D eigenvalue weighted by Crippen LogP contribution is -2.14. The van der Waals surface area contributed by atoms with Crippen molar-refractivity contribution in [1.29, 1.82) is 0 Å². The SMILES string of the molecule is Cc1c(Cl)c(C(F)(F)F)nn1C(C)CC(F)F. The Balaban J connectivity index is 3.11. The van der Waals surface area contributed by atoms with Crippen LogP contribution in [0.2, 0.25) is 5.02 Å². The van der Waals surface area contributed by atoms with E-state index < -0.39 is 35.8 Å². The van der Waals surface area contributed by atoms with Crippen LogP contribution in [0.5, 0.6) is 0 Å². The van der Waals surface area contributed by atoms with Gasteiger partial charge in [0.2, 0.25) is 6.43 Å². The molecule has 1 heterocycles. The molecule has 0 aliphatic heterocycles. The highest BCUT2D eigenvalue weighted by atomic mass is 35.5. The van der Waals surface area contributed by atoms with Crippen LogP contribution in [-0.4, -0.2) is 16.2 Å². The molecule has 8 heteroatoms. The summed E-state index contributed by atoms with van der Waals surface area (Å²) in [5.74, 6) is 0. The van der Waals surface area contributed by atoms with Gasteiger partial charge in [0.25, 0.3) is 0 Å². The summed E-state index contributed by atoms with van der Waals surface area (Å²) in [6.45, 7) is 2.68. The maximum atomic E-state index is 12.5. The molecule has 1 aromatic heterocycles. The van der Waals surface area contributed by atoms with Crippen molar-refractivity contribution in [2.45, 2.75) is 38.9 Å². The molecule has 2 nitrogen and oxygen atoms in total. The largest absolute Gasteiger partial charge is 0.436 e. The van der Waals surface area contributed by atoms with E-state index in [4.69, 9.17) is 11.6 Å². The summed E-state index contributed by atoms with van der Waals surface area (Å²) >= 11 is 5.49. The maximum Gasteiger partial charge on any atom is 0.436 e. The minimum absolute atomic E-state index is 0.0344. The minimum Gasteiger partial charge on any atom is -0.265 e. The zero-order chi connectivity index (χ0) is 13.4. The van der Waals surface area contributed by atoms with Crippen molar-refractivity contribution in [2.24, 2.45) is 0 Å². The highest BCUT2D eigenvalue weighted by Gasteiger charge is 2.38. The van der Waals surface area contributed by atoms with Crippen molar-refractivity contribution < 1.29 is 22.0 Å². The molecule has 1 rings (SSSR count). The summed E-state index contributed by atoms with van der Waals surface area (Å²) in [7, 11) is 0. The van der Waals surface area contributed by atoms with Gasteiger partial charge in [0.15, 0.2) is 5.69 Å². The molecule has 0 aromatic carbocycles. The number of hydrogen-bond donors (Lipinski definition) is 0. The van der Waals surface area contributed by atoms with E-state index in [1.54, 1.807) is 0 Å². The van der Waals surface area contributed by atoms with Crippen LogP contribution in [0, 0.1) is 6.92 Å². The Morgan fingerprint density at radius 1 is 1.35 bits per heavy atom. The third-order valence-corrected chi connectivity index (χ3v) is 2.73. The normalized spacial score (nSPS) is 14.4. The molecule has 1 unspecified atom stereocenters. The van der Waals surface area contributed by atoms with Gasteiger partial charge in [0.05, 0.1) is 16.8 Å². The van der Waals surface area contributed by atoms with Crippen molar-refractivity contribution in [3.05, 3.63) is 16.4 Å². The van der Waals surface area contributed by atoms with Gasteiger partial charge < -0.3 is 0 Å². The number of alkyl halides is 5. The van der Waals surface area contributed by atoms with Crippen LogP contribution < -0.4 is 0 Å². The van der Waals surface area contributed by atoms with Crippen LogP contribution in [0.4, 0.5) is 22.0 Å². The molecule has 0 saturated heterocycles. The molecule has 1 aromatic rings. The molecule has 0 N–H and O–H groups in total. The van der Waals surface area contributed by atoms with Gasteiger partial charge in [-0.05, 0) is 13.8 Å². The molecule has 98 valence electrons. The molecule has 1 atom stereocenters. The zero-order valence-corrected chi connectivity index (χ0v) is 9.78. The Labute approximate surface area is 99.4 Å². The summed E-state index contributed by atoms with van der Waals surface area (Å²) in [4.78, 5) is 0. The Kier molecular flexibility index (Phi) is 4.01. The van der Waals surface area contributed by atoms with E-state index >= 15 is 0 Å². The Morgan fingerprint density at radius 3 is 2.24 bits per heavy atom. The fraction of sp³-hybridized carbons (Fsp3) is 0.667. The first-order valence-electron chi connectivity index (χ1n) is 4.74. The van der Waals surface area contributed by atoms with E-state index in [0.717, 1.165) is 4.68 Å². The summed E-state index contributed by atoms with van der Waals surface area (Å²) in [6, 6.07) is -0.844. The summed E-state index contributed by atoms with van der Waals surface area (Å²) < 4.78 is 62.6. The molecule has 0 saturated carbocycles. The van der Waals surface area contributed by atoms with Crippen molar-refractivity contribution in [1.82, 2.24) is 9.78 Å². The lowest BCUT2D eigenvalue weighted by Gasteiger charge is -2.13. The second kappa shape index (κ2) is 4.80. The van der Waals surface area contributed by atoms with Gasteiger partial charge in [-0.15, -0.1) is 0 Å². The Morgan fingerprint density at radius 2 is 1.88 bits per heavy atom. The van der Waals surface area contributed by atoms with Crippen molar-refractivity contribution in [2.75, 3.05) is 0 Å². The number of rotatable bonds is 3. The minimum atomic E-state index is -4.68. The average molecular weight is 277 g/mol. The summed E-state index contributed by atoms with van der Waals surface area (Å²) in [6.07, 6.45) is -7.87. The van der Waals surface area contributed by atoms with E-state index in [9.17, 15) is 22.0 Å². The third kappa shape index (κ3) is 3.08. The lowest BCUT2D eigenvalue weighted by molar-refractivity contribution is -0.141. The zero-order valence-electron chi connectivity index (χ0n) is 9.02. The van der Waals surface area contributed by atoms with Crippen LogP contribution >= 0.6 is 11.6 Å². The van der Waals surface area contributed by atoms with E-state index in [-0.39, 0.29) is 5.69 Å². The molecule has 0 aliphatic rings. The molecule has 0 radical (unpaired) electrons. The highest BCUT2D eigenvalue weighted by molar-refractivity contribution is 6.31. The first-order chi connectivity index (χ1) is 7.64. The van der Waals surface area contributed by atoms with E-state index in [0.29, 0.717) is 0 Å². The number of halogens is 6. The second-order valence-electron chi connectivity index (χ2n) is 3.67. The fourth-order valence-electron chi connectivity index (χ4n) is 1.47. The monoisotopic (exact) mass is 276 g/mol. The number of nitrogens with zero attached hydrogens (tertiary/aromatic N) is 2. The average Bonchev–Trinajstić information content (AvgIpc) is 2.42. The van der Waals surface area contributed by atoms with Crippen molar-refractivity contribution >= 4 is 11.6 Å². The first-order valence-corrected chi connectivity index (χ1v) is 5.12. The molecule has 0 aliphatic carbocycles. The predicted octanol–water partition coefficient (Wildman–Crippen LogP) is 4.08. The van der Waals surface area contributed by atoms with Crippen LogP contribution in [0.3, 0.4) is 0 Å². The van der Waals surface area contributed by atoms with Crippen LogP contribution in [0.25, 0.3) is 0 Å². The molecular weight excluding hydrogens is 267 g/mol. The van der Waals surface area contributed by atoms with Crippen molar-refractivity contribution in [3.8, 4) is 0 Å². The predicted molar refractivity (Wildman–Crippen MR) is 52.3 cm³/mol. The van der Waals surface area contributed by atoms with Gasteiger partial charge in [-0.3, -0.25) is 4.68 Å². The molecule has 0 bridgehead atoms. The van der Waals surface area contributed by atoms with Crippen LogP contribution in [-0.2, 0) is 6.18 Å². The van der Waals surface area contributed by atoms with Crippen LogP contribution in [0.1, 0.15) is 30.8 Å². The third-order valence-electron chi connectivity index (χ3n) is 2.28. The van der Waals surface area contributed by atoms with Crippen molar-refractivity contribution in [3.63, 3.8) is 0 Å². The number of hydrogen-bond acceptors (Lipinski definition) is 1. The lowest BCUT2D eigenvalue weighted by atomic mass is 10.2. The van der Waals surface area contributed by atoms with Gasteiger partial charge in [-0.25, -0.2) is 8.78 Å². The standard InChI is InChI=1S/C9H10ClF5N2/c1-4(3-6(11)12)17-5(2)7(10)8(16-17)9(13,14)15/h4,6H,3H2,1-2H3. The van der Waals surface area contributed by atoms with Gasteiger partial charge in [-0.2, -0.15) is 18.3 Å². The second-order valence-corrected chi connectivity index (χ2v) is 4.04. The topological polar surface area (TPSA) is 17.8 Å². The maximum absolute atomic E-state index is 12.5. The first kappa shape index (κ1) is 14.2. The Hall–Kier alpha value is -0.850. The molecule has 0 fully saturated rings. The van der Waals surface area contributed by atoms with Gasteiger partial charge in [0, 0.05) is 6.42 Å². The van der Waals surface area contributed by atoms with E-state index in [1.165, 1.54) is 13.8 Å². The molecule has 17 heavy (non-hydrogen) atoms. The molecular formula is C9H10ClF5N2. The van der Waals surface area contributed by atoms with Gasteiger partial charge in [0.1, 0.15) is 0 Å². The summed E-state index contributed by atoms with van der Waals surface area (Å²) in [5.41, 5.74) is -1.20. The van der Waals surface area contributed by atoms with E-state index in [2.05, 4.69) is 5.10 Å². The Bertz CT molecular complexity index is 399. The number of aromatic nitrogens is 2. The quantitative estimate of drug-likeness (QED) is 0.761. The van der Waals surface area contributed by atoms with E-state index in [1.807, 2.05) is 0 Å². The fourth-order valence-corrected chi connectivity index (χ4v) is 1.70. The van der Waals surface area contributed by atoms with Gasteiger partial charge in [-0.1, -0.05) is 11.6 Å². The summed E-state index contributed by atoms with van der Waals surface area (Å²) in [5, 5.41) is 2.72. The van der Waals surface area contributed by atoms with Gasteiger partial charge >= 0.3 is 6.18 Å². The molecule has 0 amide bonds. The molecule has 0 spiro atoms.